The van der Waals surface area contributed by atoms with E-state index < -0.39 is 0 Å². The Bertz CT molecular complexity index is 360. The summed E-state index contributed by atoms with van der Waals surface area (Å²) < 4.78 is 1.07. The molecule has 16 heavy (non-hydrogen) atoms. The summed E-state index contributed by atoms with van der Waals surface area (Å²) in [5, 5.41) is 3.05. The fourth-order valence-electron chi connectivity index (χ4n) is 1.50. The molecule has 0 aliphatic carbocycles. The van der Waals surface area contributed by atoms with Gasteiger partial charge in [0.05, 0.1) is 6.54 Å². The van der Waals surface area contributed by atoms with Gasteiger partial charge in [-0.25, -0.2) is 0 Å². The quantitative estimate of drug-likeness (QED) is 0.866. The van der Waals surface area contributed by atoms with Crippen LogP contribution in [0.1, 0.15) is 19.4 Å². The van der Waals surface area contributed by atoms with Crippen molar-refractivity contribution in [3.63, 3.8) is 0 Å². The monoisotopic (exact) mass is 284 g/mol. The smallest absolute Gasteiger partial charge is 0.231 e. The van der Waals surface area contributed by atoms with Crippen LogP contribution in [-0.2, 0) is 10.2 Å². The zero-order valence-electron chi connectivity index (χ0n) is 9.59. The van der Waals surface area contributed by atoms with Gasteiger partial charge in [0.1, 0.15) is 0 Å². The predicted molar refractivity (Wildman–Crippen MR) is 69.2 cm³/mol. The lowest BCUT2D eigenvalue weighted by Gasteiger charge is -2.25. The fourth-order valence-corrected chi connectivity index (χ4v) is 1.77. The number of primary amides is 1. The van der Waals surface area contributed by atoms with E-state index in [-0.39, 0.29) is 17.9 Å². The minimum absolute atomic E-state index is 0.0177. The number of carbonyl (C=O) groups is 1. The van der Waals surface area contributed by atoms with Crippen LogP contribution in [0.3, 0.4) is 0 Å². The van der Waals surface area contributed by atoms with Crippen LogP contribution < -0.4 is 11.1 Å². The van der Waals surface area contributed by atoms with Crippen molar-refractivity contribution in [1.82, 2.24) is 5.32 Å². The fraction of sp³-hybridized carbons (Fsp3) is 0.417. The normalized spacial score (nSPS) is 11.4. The molecule has 3 nitrogen and oxygen atoms in total. The summed E-state index contributed by atoms with van der Waals surface area (Å²) in [6, 6.07) is 8.20. The Hall–Kier alpha value is -0.870. The van der Waals surface area contributed by atoms with Crippen molar-refractivity contribution in [3.8, 4) is 0 Å². The average molecular weight is 285 g/mol. The molecule has 0 aliphatic heterocycles. The molecule has 0 atom stereocenters. The van der Waals surface area contributed by atoms with E-state index >= 15 is 0 Å². The first-order valence-electron chi connectivity index (χ1n) is 5.17. The highest BCUT2D eigenvalue weighted by atomic mass is 79.9. The van der Waals surface area contributed by atoms with Crippen molar-refractivity contribution >= 4 is 21.8 Å². The summed E-state index contributed by atoms with van der Waals surface area (Å²) in [5.74, 6) is -0.327. The first kappa shape index (κ1) is 13.2. The Kier molecular flexibility index (Phi) is 4.50. The predicted octanol–water partition coefficient (Wildman–Crippen LogP) is 1.80. The van der Waals surface area contributed by atoms with Crippen LogP contribution in [0, 0.1) is 0 Å². The van der Waals surface area contributed by atoms with Crippen molar-refractivity contribution in [3.05, 3.63) is 34.3 Å². The van der Waals surface area contributed by atoms with Gasteiger partial charge < -0.3 is 11.1 Å². The minimum atomic E-state index is -0.327. The maximum Gasteiger partial charge on any atom is 0.231 e. The summed E-state index contributed by atoms with van der Waals surface area (Å²) in [4.78, 5) is 10.6. The van der Waals surface area contributed by atoms with Crippen molar-refractivity contribution < 1.29 is 4.79 Å². The zero-order valence-corrected chi connectivity index (χ0v) is 11.2. The van der Waals surface area contributed by atoms with Gasteiger partial charge >= 0.3 is 0 Å². The van der Waals surface area contributed by atoms with Crippen molar-refractivity contribution in [2.45, 2.75) is 19.3 Å². The SMILES string of the molecule is CC(C)(CNCC(N)=O)c1ccc(Br)cc1. The number of amides is 1. The largest absolute Gasteiger partial charge is 0.369 e. The molecule has 0 unspecified atom stereocenters. The maximum atomic E-state index is 10.6. The summed E-state index contributed by atoms with van der Waals surface area (Å²) >= 11 is 3.41. The topological polar surface area (TPSA) is 55.1 Å². The van der Waals surface area contributed by atoms with Gasteiger partial charge in [0.25, 0.3) is 0 Å². The lowest BCUT2D eigenvalue weighted by molar-refractivity contribution is -0.117. The van der Waals surface area contributed by atoms with Crippen LogP contribution in [0.4, 0.5) is 0 Å². The first-order valence-corrected chi connectivity index (χ1v) is 5.96. The molecular weight excluding hydrogens is 268 g/mol. The van der Waals surface area contributed by atoms with Gasteiger partial charge in [-0.2, -0.15) is 0 Å². The van der Waals surface area contributed by atoms with Crippen LogP contribution in [-0.4, -0.2) is 19.0 Å². The Morgan fingerprint density at radius 3 is 2.44 bits per heavy atom. The van der Waals surface area contributed by atoms with Gasteiger partial charge in [0, 0.05) is 16.4 Å². The van der Waals surface area contributed by atoms with E-state index in [4.69, 9.17) is 5.73 Å². The highest BCUT2D eigenvalue weighted by Gasteiger charge is 2.19. The maximum absolute atomic E-state index is 10.6. The molecule has 0 heterocycles. The molecule has 0 saturated heterocycles. The van der Waals surface area contributed by atoms with Crippen molar-refractivity contribution in [2.75, 3.05) is 13.1 Å². The van der Waals surface area contributed by atoms with E-state index in [1.54, 1.807) is 0 Å². The highest BCUT2D eigenvalue weighted by Crippen LogP contribution is 2.23. The third kappa shape index (κ3) is 3.94. The van der Waals surface area contributed by atoms with Gasteiger partial charge in [-0.1, -0.05) is 41.9 Å². The van der Waals surface area contributed by atoms with E-state index in [1.165, 1.54) is 5.56 Å². The van der Waals surface area contributed by atoms with Gasteiger partial charge in [-0.05, 0) is 17.7 Å². The van der Waals surface area contributed by atoms with Crippen LogP contribution >= 0.6 is 15.9 Å². The second-order valence-corrected chi connectivity index (χ2v) is 5.38. The Morgan fingerprint density at radius 1 is 1.38 bits per heavy atom. The number of hydrogen-bond donors (Lipinski definition) is 2. The van der Waals surface area contributed by atoms with Gasteiger partial charge in [-0.15, -0.1) is 0 Å². The van der Waals surface area contributed by atoms with E-state index in [9.17, 15) is 4.79 Å². The lowest BCUT2D eigenvalue weighted by atomic mass is 9.84. The summed E-state index contributed by atoms with van der Waals surface area (Å²) in [6.45, 7) is 5.20. The molecule has 0 aromatic heterocycles. The molecule has 0 aliphatic rings. The molecule has 1 rings (SSSR count). The van der Waals surface area contributed by atoms with E-state index in [0.717, 1.165) is 11.0 Å². The summed E-state index contributed by atoms with van der Waals surface area (Å²) in [7, 11) is 0. The van der Waals surface area contributed by atoms with E-state index in [1.807, 2.05) is 12.1 Å². The molecule has 1 amide bonds. The second kappa shape index (κ2) is 5.46. The molecule has 1 aromatic carbocycles. The highest BCUT2D eigenvalue weighted by molar-refractivity contribution is 9.10. The third-order valence-corrected chi connectivity index (χ3v) is 3.02. The Balaban J connectivity index is 2.62. The lowest BCUT2D eigenvalue weighted by Crippen LogP contribution is -2.37. The van der Waals surface area contributed by atoms with E-state index in [0.29, 0.717) is 0 Å². The van der Waals surface area contributed by atoms with Gasteiger partial charge in [0.15, 0.2) is 0 Å². The van der Waals surface area contributed by atoms with Gasteiger partial charge in [-0.3, -0.25) is 4.79 Å². The molecular formula is C12H17BrN2O. The Morgan fingerprint density at radius 2 is 1.94 bits per heavy atom. The molecule has 3 N–H and O–H groups in total. The average Bonchev–Trinajstić information content (AvgIpc) is 2.17. The number of benzene rings is 1. The van der Waals surface area contributed by atoms with Crippen LogP contribution in [0.5, 0.6) is 0 Å². The molecule has 0 fully saturated rings. The number of nitrogens with two attached hydrogens (primary N) is 1. The molecule has 0 saturated carbocycles. The number of nitrogens with one attached hydrogen (secondary N) is 1. The molecule has 1 aromatic rings. The van der Waals surface area contributed by atoms with Crippen molar-refractivity contribution in [2.24, 2.45) is 5.73 Å². The Labute approximate surface area is 105 Å². The molecule has 0 bridgehead atoms. The summed E-state index contributed by atoms with van der Waals surface area (Å²) in [6.07, 6.45) is 0. The number of hydrogen-bond acceptors (Lipinski definition) is 2. The summed E-state index contributed by atoms with van der Waals surface area (Å²) in [5.41, 5.74) is 6.28. The number of rotatable bonds is 5. The minimum Gasteiger partial charge on any atom is -0.369 e. The standard InChI is InChI=1S/C12H17BrN2O/c1-12(2,8-15-7-11(14)16)9-3-5-10(13)6-4-9/h3-6,15H,7-8H2,1-2H3,(H2,14,16). The number of halogens is 1. The van der Waals surface area contributed by atoms with E-state index in [2.05, 4.69) is 47.2 Å². The van der Waals surface area contributed by atoms with Crippen LogP contribution in [0.2, 0.25) is 0 Å². The van der Waals surface area contributed by atoms with Crippen LogP contribution in [0.15, 0.2) is 28.7 Å². The second-order valence-electron chi connectivity index (χ2n) is 4.46. The molecule has 88 valence electrons. The molecule has 0 radical (unpaired) electrons. The van der Waals surface area contributed by atoms with Crippen LogP contribution in [0.25, 0.3) is 0 Å². The molecule has 4 heteroatoms. The molecule has 0 spiro atoms. The van der Waals surface area contributed by atoms with Crippen molar-refractivity contribution in [1.29, 1.82) is 0 Å². The third-order valence-electron chi connectivity index (χ3n) is 2.49. The number of carbonyl (C=O) groups excluding carboxylic acids is 1. The zero-order chi connectivity index (χ0) is 12.2. The van der Waals surface area contributed by atoms with Gasteiger partial charge in [0.2, 0.25) is 5.91 Å². The first-order chi connectivity index (χ1) is 7.42.